The van der Waals surface area contributed by atoms with E-state index in [1.165, 1.54) is 5.69 Å². The quantitative estimate of drug-likeness (QED) is 0.138. The van der Waals surface area contributed by atoms with E-state index in [0.717, 1.165) is 89.3 Å². The summed E-state index contributed by atoms with van der Waals surface area (Å²) in [5, 5.41) is 18.0. The Morgan fingerprint density at radius 2 is 1.72 bits per heavy atom. The number of fused-ring (bicyclic) bond motifs is 1. The third kappa shape index (κ3) is 8.23. The lowest BCUT2D eigenvalue weighted by atomic mass is 9.91. The molecule has 1 unspecified atom stereocenters. The molecular weight excluding hydrogens is 733 g/mol. The Balaban J connectivity index is 0.865. The zero-order chi connectivity index (χ0) is 40.6. The number of hydrogen-bond donors (Lipinski definition) is 3. The van der Waals surface area contributed by atoms with E-state index in [2.05, 4.69) is 82.2 Å². The average Bonchev–Trinajstić information content (AvgIpc) is 3.89. The number of amides is 3. The van der Waals surface area contributed by atoms with Crippen LogP contribution in [0, 0.1) is 6.92 Å². The smallest absolute Gasteiger partial charge is 0.293 e. The van der Waals surface area contributed by atoms with Gasteiger partial charge in [-0.05, 0) is 72.9 Å². The second-order valence-electron chi connectivity index (χ2n) is 16.3. The molecule has 2 aliphatic rings. The summed E-state index contributed by atoms with van der Waals surface area (Å²) in [7, 11) is 0. The lowest BCUT2D eigenvalue weighted by Crippen LogP contribution is -2.47. The Hall–Kier alpha value is -6.28. The van der Waals surface area contributed by atoms with Crippen molar-refractivity contribution in [3.63, 3.8) is 0 Å². The van der Waals surface area contributed by atoms with Gasteiger partial charge in [0.1, 0.15) is 5.69 Å². The molecule has 2 atom stereocenters. The summed E-state index contributed by atoms with van der Waals surface area (Å²) in [6, 6.07) is 20.6. The molecule has 298 valence electrons. The highest BCUT2D eigenvalue weighted by Crippen LogP contribution is 2.32. The molecule has 3 amide bonds. The topological polar surface area (TPSA) is 175 Å². The second kappa shape index (κ2) is 15.9. The van der Waals surface area contributed by atoms with E-state index in [1.807, 2.05) is 65.1 Å². The van der Waals surface area contributed by atoms with Crippen molar-refractivity contribution in [2.45, 2.75) is 71.3 Å². The van der Waals surface area contributed by atoms with E-state index in [9.17, 15) is 14.4 Å². The lowest BCUT2D eigenvalue weighted by Gasteiger charge is -2.36. The first kappa shape index (κ1) is 38.6. The normalized spacial score (nSPS) is 17.1. The Morgan fingerprint density at radius 3 is 2.41 bits per heavy atom. The fourth-order valence-corrected chi connectivity index (χ4v) is 7.72. The molecule has 0 bridgehead atoms. The highest BCUT2D eigenvalue weighted by atomic mass is 16.5. The summed E-state index contributed by atoms with van der Waals surface area (Å²) in [5.74, 6) is -0.696. The highest BCUT2D eigenvalue weighted by Gasteiger charge is 2.29. The molecule has 2 aliphatic heterocycles. The minimum Gasteiger partial charge on any atom is -0.369 e. The van der Waals surface area contributed by atoms with Gasteiger partial charge in [0.25, 0.3) is 11.7 Å². The number of nitrogens with zero attached hydrogens (tertiary/aromatic N) is 7. The number of pyridine rings is 2. The number of anilines is 1. The van der Waals surface area contributed by atoms with Crippen molar-refractivity contribution in [1.29, 1.82) is 0 Å². The summed E-state index contributed by atoms with van der Waals surface area (Å²) in [4.78, 5) is 55.2. The zero-order valence-electron chi connectivity index (χ0n) is 33.5. The highest BCUT2D eigenvalue weighted by molar-refractivity contribution is 6.01. The maximum Gasteiger partial charge on any atom is 0.293 e. The van der Waals surface area contributed by atoms with Crippen LogP contribution in [0.5, 0.6) is 0 Å². The predicted octanol–water partition coefficient (Wildman–Crippen LogP) is 6.05. The van der Waals surface area contributed by atoms with Crippen molar-refractivity contribution < 1.29 is 18.9 Å². The van der Waals surface area contributed by atoms with E-state index in [1.54, 1.807) is 6.20 Å². The molecule has 6 heterocycles. The zero-order valence-corrected chi connectivity index (χ0v) is 33.5. The molecule has 0 radical (unpaired) electrons. The van der Waals surface area contributed by atoms with Gasteiger partial charge in [-0.15, -0.1) is 0 Å². The number of nitrogens with one attached hydrogen (secondary N) is 3. The van der Waals surface area contributed by atoms with Crippen LogP contribution >= 0.6 is 0 Å². The number of piperidine rings is 1. The maximum atomic E-state index is 12.9. The number of piperazine rings is 1. The third-order valence-corrected chi connectivity index (χ3v) is 11.2. The molecule has 4 aromatic heterocycles. The minimum atomic E-state index is -0.387. The van der Waals surface area contributed by atoms with Gasteiger partial charge in [-0.25, -0.2) is 4.98 Å². The molecule has 14 nitrogen and oxygen atoms in total. The second-order valence-corrected chi connectivity index (χ2v) is 16.3. The van der Waals surface area contributed by atoms with Crippen LogP contribution in [0.3, 0.4) is 0 Å². The van der Waals surface area contributed by atoms with Crippen LogP contribution in [-0.2, 0) is 21.4 Å². The first-order valence-corrected chi connectivity index (χ1v) is 19.9. The third-order valence-electron chi connectivity index (χ3n) is 11.2. The first-order valence-electron chi connectivity index (χ1n) is 19.9. The number of benzene rings is 2. The molecule has 0 spiro atoms. The molecule has 8 rings (SSSR count). The fraction of sp³-hybridized carbons (Fsp3) is 0.364. The molecular formula is C44H48N10O4. The monoisotopic (exact) mass is 780 g/mol. The van der Waals surface area contributed by atoms with Crippen LogP contribution in [0.2, 0.25) is 0 Å². The number of carbonyl (C=O) groups excluding carboxylic acids is 3. The maximum absolute atomic E-state index is 12.9. The van der Waals surface area contributed by atoms with Crippen molar-refractivity contribution in [2.75, 3.05) is 37.6 Å². The molecule has 6 aromatic rings. The van der Waals surface area contributed by atoms with Crippen LogP contribution in [0.25, 0.3) is 33.4 Å². The number of imide groups is 1. The lowest BCUT2D eigenvalue weighted by molar-refractivity contribution is -0.134. The number of aryl methyl sites for hydroxylation is 1. The largest absolute Gasteiger partial charge is 0.369 e. The number of hydrogen-bond acceptors (Lipinski definition) is 11. The van der Waals surface area contributed by atoms with Gasteiger partial charge in [0.05, 0.1) is 12.0 Å². The van der Waals surface area contributed by atoms with Crippen LogP contribution in [0.15, 0.2) is 77.6 Å². The molecule has 0 aliphatic carbocycles. The van der Waals surface area contributed by atoms with Gasteiger partial charge in [-0.1, -0.05) is 56.3 Å². The van der Waals surface area contributed by atoms with Crippen LogP contribution in [-0.4, -0.2) is 85.7 Å². The molecule has 0 saturated carbocycles. The van der Waals surface area contributed by atoms with Gasteiger partial charge in [0.2, 0.25) is 17.7 Å². The van der Waals surface area contributed by atoms with Gasteiger partial charge >= 0.3 is 0 Å². The molecule has 2 aromatic carbocycles. The number of aromatic nitrogens is 6. The molecule has 2 fully saturated rings. The van der Waals surface area contributed by atoms with Crippen LogP contribution in [0.1, 0.15) is 91.4 Å². The Labute approximate surface area is 336 Å². The molecule has 2 saturated heterocycles. The number of carbonyl (C=O) groups is 3. The van der Waals surface area contributed by atoms with Crippen LogP contribution in [0.4, 0.5) is 5.69 Å². The number of H-pyrrole nitrogens is 1. The SMILES string of the molecule is Cc1cc(-c2n[nH]c3ncc(-c4ccc(N5CCN(CCc6ccc([C@H]7CCC(=O)NC7=O)cn6)CC5)cc4)cc23)ccc1C(C)NC(=O)c1noc(C(C)(C)C)n1. The average molecular weight is 781 g/mol. The minimum absolute atomic E-state index is 0.0191. The van der Waals surface area contributed by atoms with E-state index >= 15 is 0 Å². The van der Waals surface area contributed by atoms with Crippen molar-refractivity contribution in [1.82, 2.24) is 45.8 Å². The summed E-state index contributed by atoms with van der Waals surface area (Å²) in [5.41, 5.74) is 9.26. The molecule has 3 N–H and O–H groups in total. The van der Waals surface area contributed by atoms with E-state index in [0.29, 0.717) is 24.4 Å². The van der Waals surface area contributed by atoms with Crippen molar-refractivity contribution in [3.05, 3.63) is 107 Å². The predicted molar refractivity (Wildman–Crippen MR) is 220 cm³/mol. The van der Waals surface area contributed by atoms with Gasteiger partial charge in [0, 0.05) is 91.3 Å². The molecule has 58 heavy (non-hydrogen) atoms. The van der Waals surface area contributed by atoms with Gasteiger partial charge in [-0.2, -0.15) is 10.1 Å². The summed E-state index contributed by atoms with van der Waals surface area (Å²) < 4.78 is 5.30. The number of rotatable bonds is 10. The Morgan fingerprint density at radius 1 is 0.948 bits per heavy atom. The summed E-state index contributed by atoms with van der Waals surface area (Å²) in [6.45, 7) is 14.6. The molecule has 14 heteroatoms. The summed E-state index contributed by atoms with van der Waals surface area (Å²) >= 11 is 0. The van der Waals surface area contributed by atoms with Gasteiger partial charge in [-0.3, -0.25) is 34.7 Å². The fourth-order valence-electron chi connectivity index (χ4n) is 7.72. The van der Waals surface area contributed by atoms with E-state index in [-0.39, 0.29) is 40.9 Å². The standard InChI is InChI=1S/C44H48N10O4/c1-26-22-29(9-13-34(26)27(2)47-42(57)40-49-43(58-52-40)44(3,4)5)38-36-23-31(25-46-39(36)51-50-38)28-7-11-33(12-8-28)54-20-18-53(19-21-54)17-16-32-10-6-30(24-45-32)35-14-15-37(55)48-41(35)56/h6-13,22-25,27,35H,14-21H2,1-5H3,(H,47,57)(H,46,50,51)(H,48,55,56)/t27?,35-/m1/s1. The van der Waals surface area contributed by atoms with Crippen molar-refractivity contribution in [3.8, 4) is 22.4 Å². The van der Waals surface area contributed by atoms with Crippen molar-refractivity contribution >= 4 is 34.4 Å². The van der Waals surface area contributed by atoms with E-state index < -0.39 is 0 Å². The Bertz CT molecular complexity index is 2460. The van der Waals surface area contributed by atoms with Crippen LogP contribution < -0.4 is 15.5 Å². The van der Waals surface area contributed by atoms with E-state index in [4.69, 9.17) is 9.51 Å². The first-order chi connectivity index (χ1) is 27.9. The number of aromatic amines is 1. The van der Waals surface area contributed by atoms with Crippen molar-refractivity contribution in [2.24, 2.45) is 0 Å². The summed E-state index contributed by atoms with van der Waals surface area (Å²) in [6.07, 6.45) is 5.40. The Kier molecular flexibility index (Phi) is 10.6. The van der Waals surface area contributed by atoms with Gasteiger partial charge in [0.15, 0.2) is 5.65 Å². The van der Waals surface area contributed by atoms with Gasteiger partial charge < -0.3 is 14.7 Å².